The van der Waals surface area contributed by atoms with Crippen LogP contribution in [0, 0.1) is 0 Å². The molecule has 2 aromatic carbocycles. The highest BCUT2D eigenvalue weighted by molar-refractivity contribution is 6.30. The summed E-state index contributed by atoms with van der Waals surface area (Å²) in [5.74, 6) is 0.637. The van der Waals surface area contributed by atoms with Gasteiger partial charge in [0, 0.05) is 28.3 Å². The van der Waals surface area contributed by atoms with E-state index in [9.17, 15) is 9.59 Å². The molecule has 0 saturated carbocycles. The van der Waals surface area contributed by atoms with Crippen molar-refractivity contribution in [3.8, 4) is 17.4 Å². The Labute approximate surface area is 189 Å². The molecule has 3 N–H and O–H groups in total. The minimum absolute atomic E-state index is 0.307. The number of amides is 2. The number of halogens is 1. The van der Waals surface area contributed by atoms with Gasteiger partial charge in [0.1, 0.15) is 18.1 Å². The molecule has 32 heavy (non-hydrogen) atoms. The summed E-state index contributed by atoms with van der Waals surface area (Å²) in [5, 5.41) is 3.35. The third-order valence-electron chi connectivity index (χ3n) is 4.50. The van der Waals surface area contributed by atoms with Gasteiger partial charge in [-0.1, -0.05) is 23.7 Å². The first kappa shape index (κ1) is 21.1. The van der Waals surface area contributed by atoms with Crippen molar-refractivity contribution >= 4 is 35.2 Å². The molecular weight excluding hydrogens is 430 g/mol. The summed E-state index contributed by atoms with van der Waals surface area (Å²) >= 11 is 6.02. The Morgan fingerprint density at radius 1 is 1.16 bits per heavy atom. The average Bonchev–Trinajstić information content (AvgIpc) is 2.79. The van der Waals surface area contributed by atoms with E-state index in [4.69, 9.17) is 26.8 Å². The van der Waals surface area contributed by atoms with Crippen LogP contribution in [0.1, 0.15) is 15.9 Å². The number of carbonyl (C=O) groups excluding carboxylic acids is 2. The van der Waals surface area contributed by atoms with Crippen LogP contribution in [-0.4, -0.2) is 23.4 Å². The Morgan fingerprint density at radius 2 is 2.03 bits per heavy atom. The molecule has 1 aromatic heterocycles. The van der Waals surface area contributed by atoms with E-state index in [1.54, 1.807) is 42.5 Å². The Morgan fingerprint density at radius 3 is 2.81 bits per heavy atom. The summed E-state index contributed by atoms with van der Waals surface area (Å²) in [5.41, 5.74) is 7.82. The minimum Gasteiger partial charge on any atom is -0.488 e. The second-order valence-corrected chi connectivity index (χ2v) is 7.33. The van der Waals surface area contributed by atoms with Gasteiger partial charge in [0.15, 0.2) is 0 Å². The Bertz CT molecular complexity index is 1240. The predicted molar refractivity (Wildman–Crippen MR) is 122 cm³/mol. The number of hydrogen-bond acceptors (Lipinski definition) is 5. The number of nitrogens with zero attached hydrogens (tertiary/aromatic N) is 1. The fraction of sp³-hybridized carbons (Fsp3) is 0.0417. The second-order valence-electron chi connectivity index (χ2n) is 6.89. The number of nitrogens with two attached hydrogens (primary N) is 1. The Kier molecular flexibility index (Phi) is 6.19. The van der Waals surface area contributed by atoms with E-state index in [1.165, 1.54) is 18.3 Å². The maximum absolute atomic E-state index is 12.2. The van der Waals surface area contributed by atoms with E-state index in [0.29, 0.717) is 34.5 Å². The fourth-order valence-electron chi connectivity index (χ4n) is 2.98. The summed E-state index contributed by atoms with van der Waals surface area (Å²) in [6.45, 7) is 0.364. The highest BCUT2D eigenvalue weighted by atomic mass is 35.5. The maximum Gasteiger partial charge on any atom is 0.248 e. The van der Waals surface area contributed by atoms with E-state index in [2.05, 4.69) is 10.3 Å². The largest absolute Gasteiger partial charge is 0.488 e. The first-order valence-corrected chi connectivity index (χ1v) is 10.00. The number of ether oxygens (including phenoxy) is 2. The number of aromatic nitrogens is 1. The van der Waals surface area contributed by atoms with Crippen molar-refractivity contribution in [1.29, 1.82) is 0 Å². The molecule has 1 aliphatic heterocycles. The average molecular weight is 448 g/mol. The van der Waals surface area contributed by atoms with Gasteiger partial charge in [-0.2, -0.15) is 0 Å². The number of carbonyl (C=O) groups is 2. The third kappa shape index (κ3) is 5.33. The number of anilines is 1. The van der Waals surface area contributed by atoms with Crippen LogP contribution in [0.15, 0.2) is 78.5 Å². The van der Waals surface area contributed by atoms with Crippen LogP contribution in [-0.2, 0) is 4.79 Å². The van der Waals surface area contributed by atoms with Crippen LogP contribution in [0.4, 0.5) is 5.69 Å². The van der Waals surface area contributed by atoms with Crippen LogP contribution in [0.2, 0.25) is 5.02 Å². The van der Waals surface area contributed by atoms with Crippen molar-refractivity contribution in [1.82, 2.24) is 4.98 Å². The molecule has 160 valence electrons. The highest BCUT2D eigenvalue weighted by Crippen LogP contribution is 2.29. The lowest BCUT2D eigenvalue weighted by Gasteiger charge is -2.16. The molecule has 0 radical (unpaired) electrons. The van der Waals surface area contributed by atoms with Crippen LogP contribution >= 0.6 is 11.6 Å². The van der Waals surface area contributed by atoms with Gasteiger partial charge in [0.25, 0.3) is 0 Å². The molecule has 0 spiro atoms. The van der Waals surface area contributed by atoms with Crippen molar-refractivity contribution in [3.05, 3.63) is 94.7 Å². The van der Waals surface area contributed by atoms with Crippen LogP contribution < -0.4 is 20.5 Å². The lowest BCUT2D eigenvalue weighted by Crippen LogP contribution is -2.10. The van der Waals surface area contributed by atoms with E-state index < -0.39 is 5.91 Å². The van der Waals surface area contributed by atoms with Crippen molar-refractivity contribution < 1.29 is 19.1 Å². The van der Waals surface area contributed by atoms with Crippen molar-refractivity contribution in [3.63, 3.8) is 0 Å². The third-order valence-corrected chi connectivity index (χ3v) is 4.74. The highest BCUT2D eigenvalue weighted by Gasteiger charge is 2.10. The standard InChI is InChI=1S/C24H18ClN3O4/c25-18-5-7-21-17(11-18)10-15(14-31-21)4-8-22(29)28-19-6-9-23(27-13-19)32-20-3-1-2-16(12-20)24(26)30/h1-13H,14H2,(H2,26,30)(H,28,29)/b8-4+. The molecule has 0 fully saturated rings. The minimum atomic E-state index is -0.543. The number of benzene rings is 2. The molecule has 0 atom stereocenters. The summed E-state index contributed by atoms with van der Waals surface area (Å²) in [4.78, 5) is 27.7. The molecule has 0 unspecified atom stereocenters. The molecule has 0 bridgehead atoms. The molecule has 4 rings (SSSR count). The topological polar surface area (TPSA) is 104 Å². The number of nitrogens with one attached hydrogen (secondary N) is 1. The molecule has 7 nitrogen and oxygen atoms in total. The molecule has 0 aliphatic carbocycles. The maximum atomic E-state index is 12.2. The van der Waals surface area contributed by atoms with E-state index >= 15 is 0 Å². The summed E-state index contributed by atoms with van der Waals surface area (Å²) in [7, 11) is 0. The first-order valence-electron chi connectivity index (χ1n) is 9.62. The van der Waals surface area contributed by atoms with Crippen molar-refractivity contribution in [2.24, 2.45) is 5.73 Å². The van der Waals surface area contributed by atoms with Gasteiger partial charge < -0.3 is 20.5 Å². The molecule has 2 heterocycles. The number of fused-ring (bicyclic) bond motifs is 1. The number of pyridine rings is 1. The van der Waals surface area contributed by atoms with Crippen LogP contribution in [0.3, 0.4) is 0 Å². The van der Waals surface area contributed by atoms with Gasteiger partial charge in [-0.05, 0) is 54.1 Å². The van der Waals surface area contributed by atoms with Crippen molar-refractivity contribution in [2.45, 2.75) is 0 Å². The van der Waals surface area contributed by atoms with Gasteiger partial charge in [-0.3, -0.25) is 9.59 Å². The van der Waals surface area contributed by atoms with Gasteiger partial charge >= 0.3 is 0 Å². The first-order chi connectivity index (χ1) is 15.5. The number of rotatable bonds is 6. The summed E-state index contributed by atoms with van der Waals surface area (Å²) in [6.07, 6.45) is 6.51. The normalized spacial score (nSPS) is 12.5. The van der Waals surface area contributed by atoms with E-state index in [1.807, 2.05) is 18.2 Å². The Balaban J connectivity index is 1.36. The monoisotopic (exact) mass is 447 g/mol. The predicted octanol–water partition coefficient (Wildman–Crippen LogP) is 4.60. The fourth-order valence-corrected chi connectivity index (χ4v) is 3.16. The quantitative estimate of drug-likeness (QED) is 0.537. The van der Waals surface area contributed by atoms with Gasteiger partial charge in [-0.25, -0.2) is 4.98 Å². The van der Waals surface area contributed by atoms with Crippen molar-refractivity contribution in [2.75, 3.05) is 11.9 Å². The molecule has 0 saturated heterocycles. The van der Waals surface area contributed by atoms with E-state index in [0.717, 1.165) is 16.9 Å². The zero-order valence-corrected chi connectivity index (χ0v) is 17.5. The van der Waals surface area contributed by atoms with Gasteiger partial charge in [0.05, 0.1) is 11.9 Å². The van der Waals surface area contributed by atoms with Crippen LogP contribution in [0.5, 0.6) is 17.4 Å². The molecule has 2 amide bonds. The van der Waals surface area contributed by atoms with Gasteiger partial charge in [-0.15, -0.1) is 0 Å². The Hall–Kier alpha value is -4.10. The zero-order chi connectivity index (χ0) is 22.5. The van der Waals surface area contributed by atoms with Crippen LogP contribution in [0.25, 0.3) is 6.08 Å². The molecular formula is C24H18ClN3O4. The van der Waals surface area contributed by atoms with Gasteiger partial charge in [0.2, 0.25) is 17.7 Å². The second kappa shape index (κ2) is 9.36. The SMILES string of the molecule is NC(=O)c1cccc(Oc2ccc(NC(=O)/C=C/C3=Cc4cc(Cl)ccc4OC3)cn2)c1. The lowest BCUT2D eigenvalue weighted by atomic mass is 10.1. The summed E-state index contributed by atoms with van der Waals surface area (Å²) in [6, 6.07) is 15.1. The smallest absolute Gasteiger partial charge is 0.248 e. The molecule has 8 heteroatoms. The van der Waals surface area contributed by atoms with E-state index in [-0.39, 0.29) is 5.91 Å². The molecule has 1 aliphatic rings. The zero-order valence-electron chi connectivity index (χ0n) is 16.7. The number of primary amides is 1. The number of hydrogen-bond donors (Lipinski definition) is 2. The summed E-state index contributed by atoms with van der Waals surface area (Å²) < 4.78 is 11.3. The molecule has 3 aromatic rings. The lowest BCUT2D eigenvalue weighted by molar-refractivity contribution is -0.111.